The van der Waals surface area contributed by atoms with E-state index in [1.807, 2.05) is 43.3 Å². The molecule has 0 unspecified atom stereocenters. The molecular formula is C20H23NO4. The van der Waals surface area contributed by atoms with Crippen LogP contribution in [0.15, 0.2) is 42.5 Å². The van der Waals surface area contributed by atoms with Gasteiger partial charge in [-0.05, 0) is 62.2 Å². The maximum absolute atomic E-state index is 12.3. The van der Waals surface area contributed by atoms with Crippen molar-refractivity contribution in [3.8, 4) is 17.2 Å². The van der Waals surface area contributed by atoms with Crippen LogP contribution < -0.4 is 19.5 Å². The Labute approximate surface area is 147 Å². The van der Waals surface area contributed by atoms with Gasteiger partial charge in [-0.15, -0.1) is 0 Å². The standard InChI is InChI=1S/C20H23NO4/c1-3-24-19-11-4-14(20(22)21-16-5-6-16)12-15(19)13-25-18-9-7-17(23-2)8-10-18/h4,7-12,16H,3,5-6,13H2,1-2H3,(H,21,22). The minimum atomic E-state index is -0.0451. The first-order valence-electron chi connectivity index (χ1n) is 8.53. The van der Waals surface area contributed by atoms with Crippen molar-refractivity contribution in [1.82, 2.24) is 5.32 Å². The average molecular weight is 341 g/mol. The van der Waals surface area contributed by atoms with E-state index in [0.717, 1.165) is 35.7 Å². The molecule has 132 valence electrons. The largest absolute Gasteiger partial charge is 0.497 e. The van der Waals surface area contributed by atoms with Crippen LogP contribution in [0, 0.1) is 0 Å². The van der Waals surface area contributed by atoms with E-state index >= 15 is 0 Å². The van der Waals surface area contributed by atoms with E-state index in [1.54, 1.807) is 13.2 Å². The van der Waals surface area contributed by atoms with Gasteiger partial charge in [-0.2, -0.15) is 0 Å². The van der Waals surface area contributed by atoms with Gasteiger partial charge in [0.1, 0.15) is 23.9 Å². The zero-order chi connectivity index (χ0) is 17.6. The molecule has 5 nitrogen and oxygen atoms in total. The van der Waals surface area contributed by atoms with E-state index in [-0.39, 0.29) is 5.91 Å². The topological polar surface area (TPSA) is 56.8 Å². The number of amides is 1. The second-order valence-electron chi connectivity index (χ2n) is 5.97. The fourth-order valence-corrected chi connectivity index (χ4v) is 2.46. The molecule has 1 saturated carbocycles. The lowest BCUT2D eigenvalue weighted by atomic mass is 10.1. The molecular weight excluding hydrogens is 318 g/mol. The molecule has 3 rings (SSSR count). The third kappa shape index (κ3) is 4.66. The van der Waals surface area contributed by atoms with Crippen LogP contribution in [0.1, 0.15) is 35.7 Å². The molecule has 0 heterocycles. The first-order valence-corrected chi connectivity index (χ1v) is 8.53. The maximum Gasteiger partial charge on any atom is 0.251 e. The number of methoxy groups -OCH3 is 1. The lowest BCUT2D eigenvalue weighted by Crippen LogP contribution is -2.25. The first-order chi connectivity index (χ1) is 12.2. The van der Waals surface area contributed by atoms with E-state index in [2.05, 4.69) is 5.32 Å². The van der Waals surface area contributed by atoms with Gasteiger partial charge in [-0.25, -0.2) is 0 Å². The van der Waals surface area contributed by atoms with Crippen LogP contribution >= 0.6 is 0 Å². The van der Waals surface area contributed by atoms with Crippen molar-refractivity contribution in [2.75, 3.05) is 13.7 Å². The molecule has 0 aliphatic heterocycles. The van der Waals surface area contributed by atoms with Crippen LogP contribution in [0.25, 0.3) is 0 Å². The average Bonchev–Trinajstić information content (AvgIpc) is 3.45. The van der Waals surface area contributed by atoms with Gasteiger partial charge in [0, 0.05) is 17.2 Å². The molecule has 1 aliphatic rings. The first kappa shape index (κ1) is 17.1. The van der Waals surface area contributed by atoms with Gasteiger partial charge in [-0.1, -0.05) is 0 Å². The summed E-state index contributed by atoms with van der Waals surface area (Å²) in [5, 5.41) is 3.00. The summed E-state index contributed by atoms with van der Waals surface area (Å²) in [5.41, 5.74) is 1.48. The highest BCUT2D eigenvalue weighted by atomic mass is 16.5. The van der Waals surface area contributed by atoms with Crippen LogP contribution in [0.2, 0.25) is 0 Å². The SMILES string of the molecule is CCOc1ccc(C(=O)NC2CC2)cc1COc1ccc(OC)cc1. The van der Waals surface area contributed by atoms with Crippen LogP contribution in [0.3, 0.4) is 0 Å². The molecule has 5 heteroatoms. The van der Waals surface area contributed by atoms with Gasteiger partial charge in [0.05, 0.1) is 13.7 Å². The van der Waals surface area contributed by atoms with Gasteiger partial charge >= 0.3 is 0 Å². The number of carbonyl (C=O) groups is 1. The smallest absolute Gasteiger partial charge is 0.251 e. The molecule has 0 atom stereocenters. The predicted molar refractivity (Wildman–Crippen MR) is 95.4 cm³/mol. The van der Waals surface area contributed by atoms with Gasteiger partial charge in [0.25, 0.3) is 5.91 Å². The van der Waals surface area contributed by atoms with E-state index in [1.165, 1.54) is 0 Å². The summed E-state index contributed by atoms with van der Waals surface area (Å²) >= 11 is 0. The quantitative estimate of drug-likeness (QED) is 0.797. The summed E-state index contributed by atoms with van der Waals surface area (Å²) in [6, 6.07) is 13.2. The molecule has 2 aromatic rings. The molecule has 1 aliphatic carbocycles. The molecule has 0 radical (unpaired) electrons. The van der Waals surface area contributed by atoms with Crippen molar-refractivity contribution in [3.05, 3.63) is 53.6 Å². The van der Waals surface area contributed by atoms with Crippen LogP contribution in [-0.2, 0) is 6.61 Å². The second kappa shape index (κ2) is 7.92. The fraction of sp³-hybridized carbons (Fsp3) is 0.350. The van der Waals surface area contributed by atoms with Crippen LogP contribution in [0.4, 0.5) is 0 Å². The fourth-order valence-electron chi connectivity index (χ4n) is 2.46. The normalized spacial score (nSPS) is 13.2. The Balaban J connectivity index is 1.72. The lowest BCUT2D eigenvalue weighted by Gasteiger charge is -2.13. The molecule has 1 amide bonds. The number of ether oxygens (including phenoxy) is 3. The van der Waals surface area contributed by atoms with Gasteiger partial charge < -0.3 is 19.5 Å². The summed E-state index contributed by atoms with van der Waals surface area (Å²) in [4.78, 5) is 12.3. The lowest BCUT2D eigenvalue weighted by molar-refractivity contribution is 0.0951. The Hall–Kier alpha value is -2.69. The minimum Gasteiger partial charge on any atom is -0.497 e. The second-order valence-corrected chi connectivity index (χ2v) is 5.97. The van der Waals surface area contributed by atoms with Gasteiger partial charge in [0.2, 0.25) is 0 Å². The number of nitrogens with one attached hydrogen (secondary N) is 1. The molecule has 0 bridgehead atoms. The molecule has 2 aromatic carbocycles. The molecule has 1 fully saturated rings. The number of rotatable bonds is 8. The number of benzene rings is 2. The summed E-state index contributed by atoms with van der Waals surface area (Å²) in [5.74, 6) is 2.20. The van der Waals surface area contributed by atoms with Crippen molar-refractivity contribution in [1.29, 1.82) is 0 Å². The highest BCUT2D eigenvalue weighted by Crippen LogP contribution is 2.25. The highest BCUT2D eigenvalue weighted by Gasteiger charge is 2.24. The Kier molecular flexibility index (Phi) is 5.43. The maximum atomic E-state index is 12.3. The Bertz CT molecular complexity index is 723. The van der Waals surface area contributed by atoms with Gasteiger partial charge in [-0.3, -0.25) is 4.79 Å². The molecule has 0 saturated heterocycles. The zero-order valence-electron chi connectivity index (χ0n) is 14.6. The zero-order valence-corrected chi connectivity index (χ0v) is 14.6. The third-order valence-corrected chi connectivity index (χ3v) is 3.99. The van der Waals surface area contributed by atoms with Crippen LogP contribution in [-0.4, -0.2) is 25.7 Å². The van der Waals surface area contributed by atoms with E-state index in [9.17, 15) is 4.79 Å². The van der Waals surface area contributed by atoms with E-state index in [4.69, 9.17) is 14.2 Å². The summed E-state index contributed by atoms with van der Waals surface area (Å²) < 4.78 is 16.6. The predicted octanol–water partition coefficient (Wildman–Crippen LogP) is 3.57. The van der Waals surface area contributed by atoms with Gasteiger partial charge in [0.15, 0.2) is 0 Å². The number of hydrogen-bond acceptors (Lipinski definition) is 4. The monoisotopic (exact) mass is 341 g/mol. The third-order valence-electron chi connectivity index (χ3n) is 3.99. The highest BCUT2D eigenvalue weighted by molar-refractivity contribution is 5.95. The van der Waals surface area contributed by atoms with E-state index in [0.29, 0.717) is 24.8 Å². The Morgan fingerprint density at radius 1 is 1.08 bits per heavy atom. The van der Waals surface area contributed by atoms with Crippen molar-refractivity contribution in [2.45, 2.75) is 32.4 Å². The van der Waals surface area contributed by atoms with Crippen molar-refractivity contribution in [2.24, 2.45) is 0 Å². The summed E-state index contributed by atoms with van der Waals surface area (Å²) in [6.45, 7) is 2.82. The minimum absolute atomic E-state index is 0.0451. The van der Waals surface area contributed by atoms with Crippen molar-refractivity contribution in [3.63, 3.8) is 0 Å². The van der Waals surface area contributed by atoms with Crippen molar-refractivity contribution < 1.29 is 19.0 Å². The van der Waals surface area contributed by atoms with E-state index < -0.39 is 0 Å². The molecule has 0 aromatic heterocycles. The van der Waals surface area contributed by atoms with Crippen molar-refractivity contribution >= 4 is 5.91 Å². The summed E-state index contributed by atoms with van der Waals surface area (Å²) in [7, 11) is 1.63. The Morgan fingerprint density at radius 2 is 1.80 bits per heavy atom. The number of carbonyl (C=O) groups excluding carboxylic acids is 1. The number of hydrogen-bond donors (Lipinski definition) is 1. The Morgan fingerprint density at radius 3 is 2.44 bits per heavy atom. The molecule has 0 spiro atoms. The molecule has 1 N–H and O–H groups in total. The van der Waals surface area contributed by atoms with Crippen LogP contribution in [0.5, 0.6) is 17.2 Å². The summed E-state index contributed by atoms with van der Waals surface area (Å²) in [6.07, 6.45) is 2.13. The molecule has 25 heavy (non-hydrogen) atoms.